The van der Waals surface area contributed by atoms with Crippen molar-refractivity contribution in [1.29, 1.82) is 0 Å². The van der Waals surface area contributed by atoms with E-state index in [1.54, 1.807) is 0 Å². The van der Waals surface area contributed by atoms with Gasteiger partial charge in [-0.2, -0.15) is 0 Å². The number of piperidine rings is 1. The van der Waals surface area contributed by atoms with Gasteiger partial charge in [0.2, 0.25) is 0 Å². The second-order valence-corrected chi connectivity index (χ2v) is 5.45. The molecule has 98 valence electrons. The number of aryl methyl sites for hydroxylation is 1. The lowest BCUT2D eigenvalue weighted by molar-refractivity contribution is 0.0552. The Hall–Kier alpha value is -1.51. The molecule has 0 saturated carbocycles. The lowest BCUT2D eigenvalue weighted by atomic mass is 9.91. The minimum Gasteiger partial charge on any atom is -0.398 e. The number of nitrogens with zero attached hydrogens (tertiary/aromatic N) is 1. The maximum absolute atomic E-state index is 12.5. The van der Waals surface area contributed by atoms with Crippen LogP contribution in [0.15, 0.2) is 18.2 Å². The molecule has 2 unspecified atom stereocenters. The van der Waals surface area contributed by atoms with Gasteiger partial charge in [0.15, 0.2) is 0 Å². The molecule has 1 fully saturated rings. The molecule has 0 spiro atoms. The van der Waals surface area contributed by atoms with Crippen LogP contribution < -0.4 is 5.73 Å². The summed E-state index contributed by atoms with van der Waals surface area (Å²) in [5, 5.41) is 0. The van der Waals surface area contributed by atoms with Crippen molar-refractivity contribution in [2.24, 2.45) is 5.92 Å². The first-order valence-corrected chi connectivity index (χ1v) is 6.68. The van der Waals surface area contributed by atoms with Crippen molar-refractivity contribution in [3.8, 4) is 0 Å². The fourth-order valence-corrected chi connectivity index (χ4v) is 2.65. The Kier molecular flexibility index (Phi) is 3.60. The zero-order valence-corrected chi connectivity index (χ0v) is 11.4. The van der Waals surface area contributed by atoms with E-state index in [0.717, 1.165) is 18.5 Å². The summed E-state index contributed by atoms with van der Waals surface area (Å²) in [6.45, 7) is 7.17. The van der Waals surface area contributed by atoms with Gasteiger partial charge in [0.1, 0.15) is 0 Å². The standard InChI is InChI=1S/C15H22N2O/c1-10-6-7-13(14(16)9-10)15(18)17-8-4-5-11(2)12(17)3/h6-7,9,11-12H,4-5,8,16H2,1-3H3. The molecule has 2 atom stereocenters. The van der Waals surface area contributed by atoms with Crippen LogP contribution in [0.2, 0.25) is 0 Å². The number of rotatable bonds is 1. The largest absolute Gasteiger partial charge is 0.398 e. The fourth-order valence-electron chi connectivity index (χ4n) is 2.65. The van der Waals surface area contributed by atoms with Crippen LogP contribution >= 0.6 is 0 Å². The minimum absolute atomic E-state index is 0.0755. The molecule has 0 radical (unpaired) electrons. The highest BCUT2D eigenvalue weighted by atomic mass is 16.2. The number of benzene rings is 1. The van der Waals surface area contributed by atoms with Crippen molar-refractivity contribution in [3.05, 3.63) is 29.3 Å². The summed E-state index contributed by atoms with van der Waals surface area (Å²) in [4.78, 5) is 14.5. The highest BCUT2D eigenvalue weighted by molar-refractivity contribution is 5.99. The topological polar surface area (TPSA) is 46.3 Å². The Morgan fingerprint density at radius 3 is 2.78 bits per heavy atom. The normalized spacial score (nSPS) is 24.1. The van der Waals surface area contributed by atoms with Crippen molar-refractivity contribution in [3.63, 3.8) is 0 Å². The van der Waals surface area contributed by atoms with Gasteiger partial charge in [0, 0.05) is 18.3 Å². The second kappa shape index (κ2) is 5.01. The molecule has 18 heavy (non-hydrogen) atoms. The molecule has 0 bridgehead atoms. The third-order valence-electron chi connectivity index (χ3n) is 4.07. The minimum atomic E-state index is 0.0755. The Bertz CT molecular complexity index is 456. The summed E-state index contributed by atoms with van der Waals surface area (Å²) in [5.41, 5.74) is 8.28. The van der Waals surface area contributed by atoms with Crippen LogP contribution in [-0.4, -0.2) is 23.4 Å². The number of amides is 1. The van der Waals surface area contributed by atoms with Crippen LogP contribution in [0.25, 0.3) is 0 Å². The van der Waals surface area contributed by atoms with Gasteiger partial charge in [-0.15, -0.1) is 0 Å². The first-order chi connectivity index (χ1) is 8.50. The molecule has 1 aliphatic heterocycles. The lowest BCUT2D eigenvalue weighted by Crippen LogP contribution is -2.46. The molecule has 1 aliphatic rings. The van der Waals surface area contributed by atoms with E-state index in [0.29, 0.717) is 23.2 Å². The summed E-state index contributed by atoms with van der Waals surface area (Å²) in [5.74, 6) is 0.640. The van der Waals surface area contributed by atoms with E-state index in [2.05, 4.69) is 13.8 Å². The molecule has 1 heterocycles. The predicted octanol–water partition coefficient (Wildman–Crippen LogP) is 2.84. The summed E-state index contributed by atoms with van der Waals surface area (Å²) in [6.07, 6.45) is 2.29. The van der Waals surface area contributed by atoms with Crippen molar-refractivity contribution in [1.82, 2.24) is 4.90 Å². The SMILES string of the molecule is Cc1ccc(C(=O)N2CCCC(C)C2C)c(N)c1. The smallest absolute Gasteiger partial charge is 0.256 e. The van der Waals surface area contributed by atoms with Gasteiger partial charge in [-0.1, -0.05) is 13.0 Å². The zero-order chi connectivity index (χ0) is 13.3. The maximum atomic E-state index is 12.5. The van der Waals surface area contributed by atoms with E-state index in [1.165, 1.54) is 6.42 Å². The average Bonchev–Trinajstić information content (AvgIpc) is 2.32. The molecule has 3 nitrogen and oxygen atoms in total. The third kappa shape index (κ3) is 2.35. The van der Waals surface area contributed by atoms with Crippen LogP contribution in [-0.2, 0) is 0 Å². The molecular formula is C15H22N2O. The number of carbonyl (C=O) groups is 1. The Labute approximate surface area is 109 Å². The quantitative estimate of drug-likeness (QED) is 0.774. The van der Waals surface area contributed by atoms with Crippen LogP contribution in [0.1, 0.15) is 42.6 Å². The van der Waals surface area contributed by atoms with E-state index in [-0.39, 0.29) is 5.91 Å². The van der Waals surface area contributed by atoms with Gasteiger partial charge >= 0.3 is 0 Å². The number of carbonyl (C=O) groups excluding carboxylic acids is 1. The summed E-state index contributed by atoms with van der Waals surface area (Å²) >= 11 is 0. The van der Waals surface area contributed by atoms with Crippen LogP contribution in [0.5, 0.6) is 0 Å². The van der Waals surface area contributed by atoms with Gasteiger partial charge in [-0.25, -0.2) is 0 Å². The Morgan fingerprint density at radius 1 is 1.39 bits per heavy atom. The van der Waals surface area contributed by atoms with E-state index in [4.69, 9.17) is 5.73 Å². The van der Waals surface area contributed by atoms with Gasteiger partial charge < -0.3 is 10.6 Å². The first-order valence-electron chi connectivity index (χ1n) is 6.68. The molecule has 1 aromatic carbocycles. The van der Waals surface area contributed by atoms with E-state index in [9.17, 15) is 4.79 Å². The molecular weight excluding hydrogens is 224 g/mol. The highest BCUT2D eigenvalue weighted by Crippen LogP contribution is 2.26. The molecule has 1 saturated heterocycles. The summed E-state index contributed by atoms with van der Waals surface area (Å²) in [6, 6.07) is 5.96. The lowest BCUT2D eigenvalue weighted by Gasteiger charge is -2.38. The zero-order valence-electron chi connectivity index (χ0n) is 11.4. The van der Waals surface area contributed by atoms with E-state index < -0.39 is 0 Å². The number of likely N-dealkylation sites (tertiary alicyclic amines) is 1. The molecule has 2 rings (SSSR count). The van der Waals surface area contributed by atoms with Crippen molar-refractivity contribution in [2.45, 2.75) is 39.7 Å². The third-order valence-corrected chi connectivity index (χ3v) is 4.07. The molecule has 0 aromatic heterocycles. The number of hydrogen-bond donors (Lipinski definition) is 1. The molecule has 0 aliphatic carbocycles. The Morgan fingerprint density at radius 2 is 2.11 bits per heavy atom. The number of hydrogen-bond acceptors (Lipinski definition) is 2. The van der Waals surface area contributed by atoms with E-state index in [1.807, 2.05) is 30.0 Å². The Balaban J connectivity index is 2.25. The maximum Gasteiger partial charge on any atom is 0.256 e. The average molecular weight is 246 g/mol. The van der Waals surface area contributed by atoms with Gasteiger partial charge in [0.05, 0.1) is 5.56 Å². The van der Waals surface area contributed by atoms with Gasteiger partial charge in [-0.3, -0.25) is 4.79 Å². The van der Waals surface area contributed by atoms with Crippen LogP contribution in [0.3, 0.4) is 0 Å². The van der Waals surface area contributed by atoms with Gasteiger partial charge in [-0.05, 0) is 50.3 Å². The first kappa shape index (κ1) is 12.9. The summed E-state index contributed by atoms with van der Waals surface area (Å²) < 4.78 is 0. The molecule has 1 amide bonds. The predicted molar refractivity (Wildman–Crippen MR) is 74.5 cm³/mol. The number of nitrogens with two attached hydrogens (primary N) is 1. The number of anilines is 1. The van der Waals surface area contributed by atoms with Crippen molar-refractivity contribution in [2.75, 3.05) is 12.3 Å². The summed E-state index contributed by atoms with van der Waals surface area (Å²) in [7, 11) is 0. The van der Waals surface area contributed by atoms with Crippen LogP contribution in [0, 0.1) is 12.8 Å². The van der Waals surface area contributed by atoms with Crippen LogP contribution in [0.4, 0.5) is 5.69 Å². The van der Waals surface area contributed by atoms with E-state index >= 15 is 0 Å². The number of nitrogen functional groups attached to an aromatic ring is 1. The molecule has 1 aromatic rings. The van der Waals surface area contributed by atoms with Crippen molar-refractivity contribution < 1.29 is 4.79 Å². The monoisotopic (exact) mass is 246 g/mol. The van der Waals surface area contributed by atoms with Crippen molar-refractivity contribution >= 4 is 11.6 Å². The molecule has 2 N–H and O–H groups in total. The molecule has 3 heteroatoms. The highest BCUT2D eigenvalue weighted by Gasteiger charge is 2.29. The fraction of sp³-hybridized carbons (Fsp3) is 0.533. The second-order valence-electron chi connectivity index (χ2n) is 5.45. The van der Waals surface area contributed by atoms with Gasteiger partial charge in [0.25, 0.3) is 5.91 Å².